The number of nitrogens with zero attached hydrogens (tertiary/aromatic N) is 1. The number of hydrogen-bond donors (Lipinski definition) is 1. The third-order valence-electron chi connectivity index (χ3n) is 3.91. The van der Waals surface area contributed by atoms with Crippen molar-refractivity contribution in [3.05, 3.63) is 28.2 Å². The van der Waals surface area contributed by atoms with E-state index >= 15 is 0 Å². The second-order valence-corrected chi connectivity index (χ2v) is 8.19. The van der Waals surface area contributed by atoms with E-state index in [1.165, 1.54) is 4.31 Å². The molecule has 2 atom stereocenters. The maximum absolute atomic E-state index is 12.7. The molecule has 1 aromatic carbocycles. The van der Waals surface area contributed by atoms with E-state index < -0.39 is 21.9 Å². The molecule has 116 valence electrons. The number of rotatable bonds is 3. The van der Waals surface area contributed by atoms with E-state index in [9.17, 15) is 13.2 Å². The fourth-order valence-electron chi connectivity index (χ4n) is 2.52. The standard InChI is InChI=1S/C14H18BrNO4S/c1-9-7-12(5-6-13(9)15)21(19,20)16-8-11(14(17)18)4-3-10(16)2/h5-7,10-11H,3-4,8H2,1-2H3,(H,17,18). The van der Waals surface area contributed by atoms with Crippen molar-refractivity contribution in [2.45, 2.75) is 37.6 Å². The molecule has 7 heteroatoms. The van der Waals surface area contributed by atoms with E-state index in [-0.39, 0.29) is 17.5 Å². The summed E-state index contributed by atoms with van der Waals surface area (Å²) in [6.07, 6.45) is 1.08. The van der Waals surface area contributed by atoms with Gasteiger partial charge in [0.2, 0.25) is 10.0 Å². The van der Waals surface area contributed by atoms with Crippen LogP contribution in [0.5, 0.6) is 0 Å². The summed E-state index contributed by atoms with van der Waals surface area (Å²) in [5, 5.41) is 9.13. The summed E-state index contributed by atoms with van der Waals surface area (Å²) < 4.78 is 27.7. The maximum atomic E-state index is 12.7. The van der Waals surface area contributed by atoms with Gasteiger partial charge in [-0.05, 0) is 50.5 Å². The number of halogens is 1. The van der Waals surface area contributed by atoms with Gasteiger partial charge in [-0.2, -0.15) is 4.31 Å². The highest BCUT2D eigenvalue weighted by atomic mass is 79.9. The van der Waals surface area contributed by atoms with Crippen molar-refractivity contribution < 1.29 is 18.3 Å². The third kappa shape index (κ3) is 3.30. The molecule has 0 bridgehead atoms. The molecular formula is C14H18BrNO4S. The topological polar surface area (TPSA) is 74.7 Å². The van der Waals surface area contributed by atoms with E-state index in [4.69, 9.17) is 5.11 Å². The number of carboxylic acid groups (broad SMARTS) is 1. The molecule has 0 spiro atoms. The first-order valence-electron chi connectivity index (χ1n) is 6.74. The van der Waals surface area contributed by atoms with Crippen molar-refractivity contribution in [1.82, 2.24) is 4.31 Å². The van der Waals surface area contributed by atoms with Gasteiger partial charge in [0.15, 0.2) is 0 Å². The Hall–Kier alpha value is -0.920. The first-order valence-corrected chi connectivity index (χ1v) is 8.97. The lowest BCUT2D eigenvalue weighted by Gasteiger charge is -2.35. The Morgan fingerprint density at radius 2 is 2.05 bits per heavy atom. The van der Waals surface area contributed by atoms with E-state index in [0.29, 0.717) is 12.8 Å². The molecule has 1 aromatic rings. The van der Waals surface area contributed by atoms with Gasteiger partial charge in [-0.25, -0.2) is 8.42 Å². The number of aliphatic carboxylic acids is 1. The van der Waals surface area contributed by atoms with Crippen LogP contribution in [-0.2, 0) is 14.8 Å². The average Bonchev–Trinajstić information content (AvgIpc) is 2.41. The van der Waals surface area contributed by atoms with Gasteiger partial charge in [0.05, 0.1) is 10.8 Å². The van der Waals surface area contributed by atoms with Crippen LogP contribution in [0, 0.1) is 12.8 Å². The second kappa shape index (κ2) is 6.06. The molecule has 0 radical (unpaired) electrons. The summed E-state index contributed by atoms with van der Waals surface area (Å²) in [5.41, 5.74) is 0.829. The number of sulfonamides is 1. The molecule has 0 aromatic heterocycles. The molecule has 0 aliphatic carbocycles. The molecule has 1 N–H and O–H groups in total. The minimum absolute atomic E-state index is 0.0357. The maximum Gasteiger partial charge on any atom is 0.307 e. The lowest BCUT2D eigenvalue weighted by atomic mass is 9.96. The zero-order chi connectivity index (χ0) is 15.8. The van der Waals surface area contributed by atoms with Gasteiger partial charge in [-0.3, -0.25) is 4.79 Å². The van der Waals surface area contributed by atoms with Gasteiger partial charge in [0.1, 0.15) is 0 Å². The molecule has 0 amide bonds. The highest BCUT2D eigenvalue weighted by Crippen LogP contribution is 2.29. The van der Waals surface area contributed by atoms with Crippen LogP contribution in [0.3, 0.4) is 0 Å². The van der Waals surface area contributed by atoms with Crippen molar-refractivity contribution in [2.24, 2.45) is 5.92 Å². The quantitative estimate of drug-likeness (QED) is 0.880. The molecule has 21 heavy (non-hydrogen) atoms. The predicted molar refractivity (Wildman–Crippen MR) is 82.6 cm³/mol. The van der Waals surface area contributed by atoms with E-state index in [2.05, 4.69) is 15.9 Å². The highest BCUT2D eigenvalue weighted by molar-refractivity contribution is 9.10. The third-order valence-corrected chi connectivity index (χ3v) is 6.78. The smallest absolute Gasteiger partial charge is 0.307 e. The largest absolute Gasteiger partial charge is 0.481 e. The minimum Gasteiger partial charge on any atom is -0.481 e. The lowest BCUT2D eigenvalue weighted by molar-refractivity contribution is -0.143. The van der Waals surface area contributed by atoms with Gasteiger partial charge in [0.25, 0.3) is 0 Å². The van der Waals surface area contributed by atoms with Crippen molar-refractivity contribution in [2.75, 3.05) is 6.54 Å². The molecule has 1 fully saturated rings. The molecule has 0 saturated carbocycles. The van der Waals surface area contributed by atoms with Gasteiger partial charge < -0.3 is 5.11 Å². The summed E-state index contributed by atoms with van der Waals surface area (Å²) in [5.74, 6) is -1.57. The molecule has 2 rings (SSSR count). The van der Waals surface area contributed by atoms with Crippen LogP contribution in [0.25, 0.3) is 0 Å². The Balaban J connectivity index is 2.36. The second-order valence-electron chi connectivity index (χ2n) is 5.45. The molecule has 1 saturated heterocycles. The van der Waals surface area contributed by atoms with Crippen LogP contribution in [-0.4, -0.2) is 36.4 Å². The van der Waals surface area contributed by atoms with Crippen LogP contribution < -0.4 is 0 Å². The zero-order valence-corrected chi connectivity index (χ0v) is 14.3. The number of carboxylic acids is 1. The van der Waals surface area contributed by atoms with Crippen molar-refractivity contribution in [3.8, 4) is 0 Å². The van der Waals surface area contributed by atoms with E-state index in [1.54, 1.807) is 18.2 Å². The number of aryl methyl sites for hydroxylation is 1. The average molecular weight is 376 g/mol. The minimum atomic E-state index is -3.67. The van der Waals surface area contributed by atoms with Gasteiger partial charge >= 0.3 is 5.97 Å². The monoisotopic (exact) mass is 375 g/mol. The number of piperidine rings is 1. The van der Waals surface area contributed by atoms with E-state index in [0.717, 1.165) is 10.0 Å². The Bertz CT molecular complexity index is 659. The number of hydrogen-bond acceptors (Lipinski definition) is 3. The van der Waals surface area contributed by atoms with Gasteiger partial charge in [0, 0.05) is 17.1 Å². The van der Waals surface area contributed by atoms with Gasteiger partial charge in [-0.15, -0.1) is 0 Å². The number of carbonyl (C=O) groups is 1. The van der Waals surface area contributed by atoms with Crippen LogP contribution in [0.4, 0.5) is 0 Å². The summed E-state index contributed by atoms with van der Waals surface area (Å²) in [7, 11) is -3.67. The Morgan fingerprint density at radius 1 is 1.38 bits per heavy atom. The molecular weight excluding hydrogens is 358 g/mol. The Kier molecular flexibility index (Phi) is 4.75. The lowest BCUT2D eigenvalue weighted by Crippen LogP contribution is -2.47. The Labute approximate surface area is 133 Å². The fraction of sp³-hybridized carbons (Fsp3) is 0.500. The van der Waals surface area contributed by atoms with Crippen LogP contribution in [0.2, 0.25) is 0 Å². The van der Waals surface area contributed by atoms with Gasteiger partial charge in [-0.1, -0.05) is 15.9 Å². The Morgan fingerprint density at radius 3 is 2.62 bits per heavy atom. The van der Waals surface area contributed by atoms with Crippen LogP contribution in [0.1, 0.15) is 25.3 Å². The van der Waals surface area contributed by atoms with E-state index in [1.807, 2.05) is 13.8 Å². The molecule has 2 unspecified atom stereocenters. The molecule has 1 aliphatic rings. The molecule has 1 aliphatic heterocycles. The van der Waals surface area contributed by atoms with Crippen molar-refractivity contribution in [1.29, 1.82) is 0 Å². The summed E-state index contributed by atoms with van der Waals surface area (Å²) in [4.78, 5) is 11.4. The number of benzene rings is 1. The highest BCUT2D eigenvalue weighted by Gasteiger charge is 2.37. The van der Waals surface area contributed by atoms with Crippen LogP contribution >= 0.6 is 15.9 Å². The molecule has 5 nitrogen and oxygen atoms in total. The first-order chi connectivity index (χ1) is 9.73. The zero-order valence-electron chi connectivity index (χ0n) is 11.9. The summed E-state index contributed by atoms with van der Waals surface area (Å²) in [6.45, 7) is 3.68. The van der Waals surface area contributed by atoms with Crippen LogP contribution in [0.15, 0.2) is 27.6 Å². The first kappa shape index (κ1) is 16.5. The summed E-state index contributed by atoms with van der Waals surface area (Å²) in [6, 6.07) is 4.67. The predicted octanol–water partition coefficient (Wildman–Crippen LogP) is 2.63. The summed E-state index contributed by atoms with van der Waals surface area (Å²) >= 11 is 3.35. The normalized spacial score (nSPS) is 24.0. The SMILES string of the molecule is Cc1cc(S(=O)(=O)N2CC(C(=O)O)CCC2C)ccc1Br. The molecule has 1 heterocycles. The van der Waals surface area contributed by atoms with Crippen molar-refractivity contribution in [3.63, 3.8) is 0 Å². The van der Waals surface area contributed by atoms with Crippen molar-refractivity contribution >= 4 is 31.9 Å². The fourth-order valence-corrected chi connectivity index (χ4v) is 4.56.